The summed E-state index contributed by atoms with van der Waals surface area (Å²) in [4.78, 5) is 12.4. The summed E-state index contributed by atoms with van der Waals surface area (Å²) in [5, 5.41) is 6.19. The molecule has 0 aliphatic carbocycles. The van der Waals surface area contributed by atoms with E-state index in [1.165, 1.54) is 12.8 Å². The number of benzene rings is 1. The second kappa shape index (κ2) is 6.00. The first-order valence-electron chi connectivity index (χ1n) is 6.30. The standard InChI is InChI=1S/C13H19N3OS/c1-2-3-4-5-15-10-7-12-11(6-9(10)14)16-13(17)8-18-12/h6-7,15H,2-5,8,14H2,1H3,(H,16,17). The van der Waals surface area contributed by atoms with Crippen molar-refractivity contribution >= 4 is 34.7 Å². The molecule has 0 atom stereocenters. The Morgan fingerprint density at radius 2 is 2.28 bits per heavy atom. The number of fused-ring (bicyclic) bond motifs is 1. The average Bonchev–Trinajstić information content (AvgIpc) is 2.35. The predicted octanol–water partition coefficient (Wildman–Crippen LogP) is 2.92. The van der Waals surface area contributed by atoms with Crippen molar-refractivity contribution in [1.82, 2.24) is 0 Å². The molecule has 0 saturated carbocycles. The topological polar surface area (TPSA) is 67.2 Å². The molecule has 1 aliphatic rings. The first-order valence-corrected chi connectivity index (χ1v) is 7.29. The van der Waals surface area contributed by atoms with E-state index in [0.717, 1.165) is 29.2 Å². The van der Waals surface area contributed by atoms with Crippen molar-refractivity contribution in [1.29, 1.82) is 0 Å². The van der Waals surface area contributed by atoms with Crippen LogP contribution < -0.4 is 16.4 Å². The number of rotatable bonds is 5. The molecule has 1 aromatic carbocycles. The molecule has 0 bridgehead atoms. The van der Waals surface area contributed by atoms with Gasteiger partial charge in [0.2, 0.25) is 5.91 Å². The minimum Gasteiger partial charge on any atom is -0.397 e. The van der Waals surface area contributed by atoms with E-state index in [4.69, 9.17) is 5.73 Å². The summed E-state index contributed by atoms with van der Waals surface area (Å²) in [5.41, 5.74) is 8.46. The van der Waals surface area contributed by atoms with Gasteiger partial charge in [-0.1, -0.05) is 19.8 Å². The number of thioether (sulfide) groups is 1. The highest BCUT2D eigenvalue weighted by molar-refractivity contribution is 8.00. The number of amides is 1. The molecule has 0 spiro atoms. The minimum absolute atomic E-state index is 0.0376. The fourth-order valence-corrected chi connectivity index (χ4v) is 2.72. The molecule has 1 aromatic rings. The normalized spacial score (nSPS) is 13.9. The summed E-state index contributed by atoms with van der Waals surface area (Å²) in [7, 11) is 0. The van der Waals surface area contributed by atoms with Gasteiger partial charge < -0.3 is 16.4 Å². The number of unbranched alkanes of at least 4 members (excludes halogenated alkanes) is 2. The zero-order valence-electron chi connectivity index (χ0n) is 10.6. The van der Waals surface area contributed by atoms with Crippen molar-refractivity contribution in [3.05, 3.63) is 12.1 Å². The Labute approximate surface area is 112 Å². The Hall–Kier alpha value is -1.36. The molecule has 0 fully saturated rings. The summed E-state index contributed by atoms with van der Waals surface area (Å²) >= 11 is 1.56. The van der Waals surface area contributed by atoms with Crippen LogP contribution in [-0.4, -0.2) is 18.2 Å². The molecule has 0 aromatic heterocycles. The molecule has 1 amide bonds. The van der Waals surface area contributed by atoms with Crippen LogP contribution >= 0.6 is 11.8 Å². The zero-order chi connectivity index (χ0) is 13.0. The molecule has 0 radical (unpaired) electrons. The van der Waals surface area contributed by atoms with Crippen LogP contribution in [0.1, 0.15) is 26.2 Å². The van der Waals surface area contributed by atoms with E-state index < -0.39 is 0 Å². The molecule has 1 aliphatic heterocycles. The Morgan fingerprint density at radius 3 is 3.06 bits per heavy atom. The van der Waals surface area contributed by atoms with E-state index in [9.17, 15) is 4.79 Å². The van der Waals surface area contributed by atoms with Crippen LogP contribution in [0.4, 0.5) is 17.1 Å². The van der Waals surface area contributed by atoms with E-state index in [-0.39, 0.29) is 5.91 Å². The second-order valence-corrected chi connectivity index (χ2v) is 5.42. The van der Waals surface area contributed by atoms with Crippen LogP contribution in [-0.2, 0) is 4.79 Å². The number of nitrogen functional groups attached to an aromatic ring is 1. The van der Waals surface area contributed by atoms with Crippen LogP contribution in [0, 0.1) is 0 Å². The van der Waals surface area contributed by atoms with E-state index in [2.05, 4.69) is 17.6 Å². The molecule has 4 nitrogen and oxygen atoms in total. The van der Waals surface area contributed by atoms with Gasteiger partial charge in [-0.05, 0) is 18.6 Å². The van der Waals surface area contributed by atoms with Crippen molar-refractivity contribution in [3.8, 4) is 0 Å². The summed E-state index contributed by atoms with van der Waals surface area (Å²) in [5.74, 6) is 0.516. The fourth-order valence-electron chi connectivity index (χ4n) is 1.89. The zero-order valence-corrected chi connectivity index (χ0v) is 11.4. The van der Waals surface area contributed by atoms with Gasteiger partial charge >= 0.3 is 0 Å². The lowest BCUT2D eigenvalue weighted by atomic mass is 10.2. The lowest BCUT2D eigenvalue weighted by Gasteiger charge is -2.19. The number of carbonyl (C=O) groups excluding carboxylic acids is 1. The van der Waals surface area contributed by atoms with Gasteiger partial charge in [-0.3, -0.25) is 4.79 Å². The third-order valence-corrected chi connectivity index (χ3v) is 3.94. The molecule has 4 N–H and O–H groups in total. The molecule has 2 rings (SSSR count). The van der Waals surface area contributed by atoms with Crippen molar-refractivity contribution < 1.29 is 4.79 Å². The molecule has 18 heavy (non-hydrogen) atoms. The largest absolute Gasteiger partial charge is 0.397 e. The highest BCUT2D eigenvalue weighted by Crippen LogP contribution is 2.36. The highest BCUT2D eigenvalue weighted by Gasteiger charge is 2.17. The number of hydrogen-bond donors (Lipinski definition) is 3. The first-order chi connectivity index (χ1) is 8.70. The van der Waals surface area contributed by atoms with Gasteiger partial charge in [0.15, 0.2) is 0 Å². The Kier molecular flexibility index (Phi) is 4.36. The summed E-state index contributed by atoms with van der Waals surface area (Å²) < 4.78 is 0. The number of carbonyl (C=O) groups is 1. The molecule has 0 unspecified atom stereocenters. The van der Waals surface area contributed by atoms with Crippen molar-refractivity contribution in [3.63, 3.8) is 0 Å². The maximum absolute atomic E-state index is 11.3. The highest BCUT2D eigenvalue weighted by atomic mass is 32.2. The van der Waals surface area contributed by atoms with E-state index in [1.54, 1.807) is 11.8 Å². The SMILES string of the molecule is CCCCCNc1cc2c(cc1N)NC(=O)CS2. The van der Waals surface area contributed by atoms with Crippen molar-refractivity contribution in [2.45, 2.75) is 31.1 Å². The summed E-state index contributed by atoms with van der Waals surface area (Å²) in [6, 6.07) is 3.86. The van der Waals surface area contributed by atoms with Gasteiger partial charge in [0, 0.05) is 11.4 Å². The third-order valence-electron chi connectivity index (χ3n) is 2.88. The Balaban J connectivity index is 2.05. The van der Waals surface area contributed by atoms with Crippen LogP contribution in [0.5, 0.6) is 0 Å². The number of hydrogen-bond acceptors (Lipinski definition) is 4. The van der Waals surface area contributed by atoms with Crippen molar-refractivity contribution in [2.75, 3.05) is 28.7 Å². The van der Waals surface area contributed by atoms with Crippen LogP contribution in [0.15, 0.2) is 17.0 Å². The molecule has 1 heterocycles. The Bertz CT molecular complexity index is 448. The maximum atomic E-state index is 11.3. The van der Waals surface area contributed by atoms with Crippen LogP contribution in [0.3, 0.4) is 0 Å². The monoisotopic (exact) mass is 265 g/mol. The van der Waals surface area contributed by atoms with E-state index in [0.29, 0.717) is 11.4 Å². The smallest absolute Gasteiger partial charge is 0.234 e. The average molecular weight is 265 g/mol. The lowest BCUT2D eigenvalue weighted by molar-refractivity contribution is -0.113. The molecule has 5 heteroatoms. The maximum Gasteiger partial charge on any atom is 0.234 e. The van der Waals surface area contributed by atoms with Gasteiger partial charge in [-0.2, -0.15) is 0 Å². The summed E-state index contributed by atoms with van der Waals surface area (Å²) in [6.45, 7) is 3.13. The fraction of sp³-hybridized carbons (Fsp3) is 0.462. The van der Waals surface area contributed by atoms with Gasteiger partial charge in [-0.15, -0.1) is 11.8 Å². The lowest BCUT2D eigenvalue weighted by Crippen LogP contribution is -2.19. The second-order valence-electron chi connectivity index (χ2n) is 4.41. The van der Waals surface area contributed by atoms with E-state index >= 15 is 0 Å². The Morgan fingerprint density at radius 1 is 1.44 bits per heavy atom. The number of nitrogens with one attached hydrogen (secondary N) is 2. The predicted molar refractivity (Wildman–Crippen MR) is 78.2 cm³/mol. The van der Waals surface area contributed by atoms with Crippen LogP contribution in [0.25, 0.3) is 0 Å². The number of nitrogens with two attached hydrogens (primary N) is 1. The molecular formula is C13H19N3OS. The third kappa shape index (κ3) is 3.10. The van der Waals surface area contributed by atoms with Crippen LogP contribution in [0.2, 0.25) is 0 Å². The van der Waals surface area contributed by atoms with Gasteiger partial charge in [-0.25, -0.2) is 0 Å². The van der Waals surface area contributed by atoms with Gasteiger partial charge in [0.05, 0.1) is 22.8 Å². The molecule has 98 valence electrons. The number of anilines is 3. The van der Waals surface area contributed by atoms with Crippen molar-refractivity contribution in [2.24, 2.45) is 0 Å². The molecule has 0 saturated heterocycles. The molecular weight excluding hydrogens is 246 g/mol. The van der Waals surface area contributed by atoms with Gasteiger partial charge in [0.1, 0.15) is 0 Å². The first kappa shape index (κ1) is 13.1. The van der Waals surface area contributed by atoms with E-state index in [1.807, 2.05) is 12.1 Å². The summed E-state index contributed by atoms with van der Waals surface area (Å²) in [6.07, 6.45) is 3.59. The van der Waals surface area contributed by atoms with Gasteiger partial charge in [0.25, 0.3) is 0 Å². The minimum atomic E-state index is 0.0376. The quantitative estimate of drug-likeness (QED) is 0.565.